The molecule has 0 aliphatic carbocycles. The van der Waals surface area contributed by atoms with E-state index >= 15 is 0 Å². The molecule has 7 atom stereocenters. The zero-order valence-electron chi connectivity index (χ0n) is 47.6. The largest absolute Gasteiger partial charge is 0.394 e. The van der Waals surface area contributed by atoms with E-state index in [9.17, 15) is 30.3 Å². The second-order valence-electron chi connectivity index (χ2n) is 21.1. The minimum Gasteiger partial charge on any atom is -0.394 e. The molecule has 0 aromatic heterocycles. The van der Waals surface area contributed by atoms with Crippen molar-refractivity contribution in [1.82, 2.24) is 5.32 Å². The fourth-order valence-electron chi connectivity index (χ4n) is 9.40. The van der Waals surface area contributed by atoms with Gasteiger partial charge in [-0.2, -0.15) is 0 Å². The predicted molar refractivity (Wildman–Crippen MR) is 313 cm³/mol. The highest BCUT2D eigenvalue weighted by Gasteiger charge is 2.44. The molecule has 0 aromatic carbocycles. The van der Waals surface area contributed by atoms with Gasteiger partial charge in [-0.3, -0.25) is 4.79 Å². The molecular formula is C65H115NO8. The van der Waals surface area contributed by atoms with Crippen molar-refractivity contribution in [3.63, 3.8) is 0 Å². The number of hydrogen-bond donors (Lipinski definition) is 6. The molecule has 9 heteroatoms. The summed E-state index contributed by atoms with van der Waals surface area (Å²) in [6.07, 6.45) is 69.3. The number of carbonyl (C=O) groups is 1. The van der Waals surface area contributed by atoms with Crippen LogP contribution in [-0.2, 0) is 14.3 Å². The SMILES string of the molecule is CC/C=C\C/C=C\C/C=C\C/C=C\C/C=C\C/C=C\CCCCCCCCCCC(=O)NC(COC1OC(CO)C(O)C(O)C1O)C(O)/C=C/CCCCCCCCCCCCCCCCCCCCCCCC. The molecule has 9 nitrogen and oxygen atoms in total. The average Bonchev–Trinajstić information content (AvgIpc) is 3.40. The lowest BCUT2D eigenvalue weighted by molar-refractivity contribution is -0.302. The minimum absolute atomic E-state index is 0.186. The Kier molecular flexibility index (Phi) is 50.4. The van der Waals surface area contributed by atoms with Gasteiger partial charge in [0, 0.05) is 6.42 Å². The number of aliphatic hydroxyl groups excluding tert-OH is 5. The first kappa shape index (κ1) is 69.4. The van der Waals surface area contributed by atoms with Gasteiger partial charge in [0.15, 0.2) is 6.29 Å². The molecule has 1 aliphatic rings. The topological polar surface area (TPSA) is 149 Å². The monoisotopic (exact) mass is 1040 g/mol. The van der Waals surface area contributed by atoms with Gasteiger partial charge in [-0.25, -0.2) is 0 Å². The summed E-state index contributed by atoms with van der Waals surface area (Å²) < 4.78 is 11.3. The standard InChI is InChI=1S/C65H115NO8/c1-3-5-7-9-11-13-15-17-19-21-23-25-27-29-30-31-33-35-37-39-41-43-45-47-49-51-53-55-61(69)66-58(57-73-65-64(72)63(71)62(70)60(56-67)74-65)59(68)54-52-50-48-46-44-42-40-38-36-34-32-28-26-24-22-20-18-16-14-12-10-8-6-4-2/h5,7,11,13,17,19,23,25,29-30,33,35,52,54,58-60,62-65,67-68,70-72H,3-4,6,8-10,12,14-16,18,20-22,24,26-28,31-32,34,36-51,53,55-57H2,1-2H3,(H,66,69)/b7-5-,13-11-,19-17-,25-23-,30-29-,35-33-,54-52+. The highest BCUT2D eigenvalue weighted by molar-refractivity contribution is 5.76. The summed E-state index contributed by atoms with van der Waals surface area (Å²) in [4.78, 5) is 13.1. The number of rotatable bonds is 52. The first-order chi connectivity index (χ1) is 36.3. The molecule has 1 rings (SSSR count). The highest BCUT2D eigenvalue weighted by atomic mass is 16.7. The number of allylic oxidation sites excluding steroid dienone is 13. The van der Waals surface area contributed by atoms with E-state index in [2.05, 4.69) is 92.1 Å². The van der Waals surface area contributed by atoms with Crippen molar-refractivity contribution in [1.29, 1.82) is 0 Å². The van der Waals surface area contributed by atoms with Gasteiger partial charge in [0.2, 0.25) is 5.91 Å². The van der Waals surface area contributed by atoms with Crippen LogP contribution in [0.3, 0.4) is 0 Å². The molecule has 0 aromatic rings. The van der Waals surface area contributed by atoms with E-state index in [0.717, 1.165) is 89.9 Å². The van der Waals surface area contributed by atoms with Crippen molar-refractivity contribution in [3.8, 4) is 0 Å². The summed E-state index contributed by atoms with van der Waals surface area (Å²) in [7, 11) is 0. The smallest absolute Gasteiger partial charge is 0.220 e. The zero-order chi connectivity index (χ0) is 53.6. The van der Waals surface area contributed by atoms with Gasteiger partial charge in [-0.15, -0.1) is 0 Å². The lowest BCUT2D eigenvalue weighted by Crippen LogP contribution is -2.60. The molecule has 1 amide bonds. The number of unbranched alkanes of at least 4 members (excludes halogenated alkanes) is 30. The van der Waals surface area contributed by atoms with Crippen molar-refractivity contribution in [2.75, 3.05) is 13.2 Å². The van der Waals surface area contributed by atoms with E-state index in [1.54, 1.807) is 6.08 Å². The lowest BCUT2D eigenvalue weighted by Gasteiger charge is -2.40. The van der Waals surface area contributed by atoms with Gasteiger partial charge < -0.3 is 40.3 Å². The Morgan fingerprint density at radius 1 is 0.473 bits per heavy atom. The molecule has 428 valence electrons. The second kappa shape index (κ2) is 53.8. The predicted octanol–water partition coefficient (Wildman–Crippen LogP) is 15.8. The molecule has 0 bridgehead atoms. The zero-order valence-corrected chi connectivity index (χ0v) is 47.6. The Bertz CT molecular complexity index is 1440. The van der Waals surface area contributed by atoms with Crippen molar-refractivity contribution >= 4 is 5.91 Å². The first-order valence-corrected chi connectivity index (χ1v) is 30.8. The van der Waals surface area contributed by atoms with Gasteiger partial charge in [-0.1, -0.05) is 272 Å². The van der Waals surface area contributed by atoms with E-state index in [4.69, 9.17) is 9.47 Å². The number of ether oxygens (including phenoxy) is 2. The second-order valence-corrected chi connectivity index (χ2v) is 21.1. The van der Waals surface area contributed by atoms with E-state index in [1.165, 1.54) is 154 Å². The molecule has 7 unspecified atom stereocenters. The van der Waals surface area contributed by atoms with Crippen LogP contribution in [0, 0.1) is 0 Å². The maximum Gasteiger partial charge on any atom is 0.220 e. The molecule has 1 aliphatic heterocycles. The number of amides is 1. The van der Waals surface area contributed by atoms with Gasteiger partial charge in [-0.05, 0) is 70.6 Å². The van der Waals surface area contributed by atoms with Crippen molar-refractivity contribution in [3.05, 3.63) is 85.1 Å². The van der Waals surface area contributed by atoms with Crippen LogP contribution in [-0.4, -0.2) is 87.5 Å². The van der Waals surface area contributed by atoms with Crippen LogP contribution < -0.4 is 5.32 Å². The fourth-order valence-corrected chi connectivity index (χ4v) is 9.40. The molecule has 0 saturated carbocycles. The summed E-state index contributed by atoms with van der Waals surface area (Å²) in [6, 6.07) is -0.816. The van der Waals surface area contributed by atoms with Gasteiger partial charge in [0.25, 0.3) is 0 Å². The van der Waals surface area contributed by atoms with Crippen molar-refractivity contribution < 1.29 is 39.8 Å². The minimum atomic E-state index is -1.57. The third kappa shape index (κ3) is 42.5. The van der Waals surface area contributed by atoms with Crippen LogP contribution >= 0.6 is 0 Å². The van der Waals surface area contributed by atoms with Crippen LogP contribution in [0.1, 0.15) is 264 Å². The first-order valence-electron chi connectivity index (χ1n) is 30.8. The number of carbonyl (C=O) groups excluding carboxylic acids is 1. The number of nitrogens with one attached hydrogen (secondary N) is 1. The van der Waals surface area contributed by atoms with Crippen LogP contribution in [0.5, 0.6) is 0 Å². The highest BCUT2D eigenvalue weighted by Crippen LogP contribution is 2.23. The summed E-state index contributed by atoms with van der Waals surface area (Å²) >= 11 is 0. The van der Waals surface area contributed by atoms with Crippen LogP contribution in [0.4, 0.5) is 0 Å². The quantitative estimate of drug-likeness (QED) is 0.0261. The summed E-state index contributed by atoms with van der Waals surface area (Å²) in [5, 5.41) is 54.6. The molecule has 74 heavy (non-hydrogen) atoms. The molecule has 1 fully saturated rings. The lowest BCUT2D eigenvalue weighted by atomic mass is 9.99. The summed E-state index contributed by atoms with van der Waals surface area (Å²) in [5.74, 6) is -0.186. The maximum atomic E-state index is 13.1. The Morgan fingerprint density at radius 2 is 0.838 bits per heavy atom. The van der Waals surface area contributed by atoms with Gasteiger partial charge in [0.1, 0.15) is 24.4 Å². The molecule has 1 heterocycles. The van der Waals surface area contributed by atoms with Gasteiger partial charge in [0.05, 0.1) is 25.4 Å². The van der Waals surface area contributed by atoms with E-state index < -0.39 is 49.5 Å². The Balaban J connectivity index is 2.22. The molecule has 0 spiro atoms. The molecule has 6 N–H and O–H groups in total. The van der Waals surface area contributed by atoms with Crippen LogP contribution in [0.25, 0.3) is 0 Å². The van der Waals surface area contributed by atoms with Gasteiger partial charge >= 0.3 is 0 Å². The number of aliphatic hydroxyl groups is 5. The van der Waals surface area contributed by atoms with E-state index in [0.29, 0.717) is 6.42 Å². The molecular weight excluding hydrogens is 923 g/mol. The van der Waals surface area contributed by atoms with Crippen molar-refractivity contribution in [2.24, 2.45) is 0 Å². The average molecular weight is 1040 g/mol. The third-order valence-electron chi connectivity index (χ3n) is 14.2. The normalized spacial score (nSPS) is 19.6. The van der Waals surface area contributed by atoms with Crippen LogP contribution in [0.15, 0.2) is 85.1 Å². The van der Waals surface area contributed by atoms with E-state index in [-0.39, 0.29) is 12.5 Å². The third-order valence-corrected chi connectivity index (χ3v) is 14.2. The van der Waals surface area contributed by atoms with Crippen LogP contribution in [0.2, 0.25) is 0 Å². The maximum absolute atomic E-state index is 13.1. The Morgan fingerprint density at radius 3 is 1.24 bits per heavy atom. The van der Waals surface area contributed by atoms with E-state index in [1.807, 2.05) is 6.08 Å². The summed E-state index contributed by atoms with van der Waals surface area (Å²) in [6.45, 7) is 3.68. The molecule has 1 saturated heterocycles. The summed E-state index contributed by atoms with van der Waals surface area (Å²) in [5.41, 5.74) is 0. The Labute approximate surface area is 454 Å². The fraction of sp³-hybridized carbons (Fsp3) is 0.769. The van der Waals surface area contributed by atoms with Crippen molar-refractivity contribution in [2.45, 2.75) is 307 Å². The number of hydrogen-bond acceptors (Lipinski definition) is 8. The Hall–Kier alpha value is -2.63. The molecule has 0 radical (unpaired) electrons.